The van der Waals surface area contributed by atoms with E-state index < -0.39 is 0 Å². The molecule has 1 saturated heterocycles. The number of carbonyl (C=O) groups is 2. The van der Waals surface area contributed by atoms with E-state index in [9.17, 15) is 9.59 Å². The molecule has 1 aliphatic carbocycles. The van der Waals surface area contributed by atoms with Crippen LogP contribution in [0.15, 0.2) is 24.3 Å². The third-order valence-electron chi connectivity index (χ3n) is 4.96. The van der Waals surface area contributed by atoms with Gasteiger partial charge in [0.15, 0.2) is 0 Å². The summed E-state index contributed by atoms with van der Waals surface area (Å²) in [6.45, 7) is 7.69. The van der Waals surface area contributed by atoms with Crippen LogP contribution in [0.3, 0.4) is 0 Å². The summed E-state index contributed by atoms with van der Waals surface area (Å²) in [7, 11) is 0. The first-order valence-corrected chi connectivity index (χ1v) is 9.14. The Morgan fingerprint density at radius 1 is 1.12 bits per heavy atom. The smallest absolute Gasteiger partial charge is 0.241 e. The van der Waals surface area contributed by atoms with E-state index in [2.05, 4.69) is 20.4 Å². The lowest BCUT2D eigenvalue weighted by Crippen LogP contribution is -2.54. The van der Waals surface area contributed by atoms with Crippen LogP contribution in [0.2, 0.25) is 0 Å². The first kappa shape index (κ1) is 17.9. The highest BCUT2D eigenvalue weighted by Gasteiger charge is 2.28. The molecule has 2 aliphatic rings. The predicted molar refractivity (Wildman–Crippen MR) is 98.4 cm³/mol. The highest BCUT2D eigenvalue weighted by molar-refractivity contribution is 5.94. The van der Waals surface area contributed by atoms with Crippen LogP contribution in [0.1, 0.15) is 25.3 Å². The number of carbonyl (C=O) groups excluding carboxylic acids is 2. The van der Waals surface area contributed by atoms with Gasteiger partial charge in [-0.15, -0.1) is 0 Å². The van der Waals surface area contributed by atoms with Crippen molar-refractivity contribution in [3.05, 3.63) is 29.8 Å². The molecule has 2 amide bonds. The maximum atomic E-state index is 12.5. The van der Waals surface area contributed by atoms with Gasteiger partial charge in [-0.3, -0.25) is 19.4 Å². The number of piperazine rings is 1. The van der Waals surface area contributed by atoms with Crippen molar-refractivity contribution in [3.8, 4) is 0 Å². The zero-order valence-corrected chi connectivity index (χ0v) is 15.1. The Labute approximate surface area is 149 Å². The fourth-order valence-electron chi connectivity index (χ4n) is 3.06. The summed E-state index contributed by atoms with van der Waals surface area (Å²) in [4.78, 5) is 28.7. The summed E-state index contributed by atoms with van der Waals surface area (Å²) in [6, 6.07) is 8.08. The van der Waals surface area contributed by atoms with Crippen molar-refractivity contribution in [3.63, 3.8) is 0 Å². The third kappa shape index (κ3) is 5.28. The van der Waals surface area contributed by atoms with Crippen LogP contribution < -0.4 is 10.6 Å². The number of hydrogen-bond acceptors (Lipinski definition) is 4. The predicted octanol–water partition coefficient (Wildman–Crippen LogP) is 1.22. The summed E-state index contributed by atoms with van der Waals surface area (Å²) >= 11 is 0. The lowest BCUT2D eigenvalue weighted by atomic mass is 10.2. The fourth-order valence-corrected chi connectivity index (χ4v) is 3.06. The number of nitrogens with zero attached hydrogens (tertiary/aromatic N) is 2. The van der Waals surface area contributed by atoms with E-state index >= 15 is 0 Å². The summed E-state index contributed by atoms with van der Waals surface area (Å²) in [5.41, 5.74) is 2.01. The van der Waals surface area contributed by atoms with Crippen molar-refractivity contribution in [1.29, 1.82) is 0 Å². The van der Waals surface area contributed by atoms with Gasteiger partial charge < -0.3 is 10.6 Å². The van der Waals surface area contributed by atoms with Crippen LogP contribution >= 0.6 is 0 Å². The monoisotopic (exact) mass is 344 g/mol. The molecule has 0 bridgehead atoms. The lowest BCUT2D eigenvalue weighted by Gasteiger charge is -2.37. The van der Waals surface area contributed by atoms with Gasteiger partial charge in [-0.25, -0.2) is 0 Å². The SMILES string of the molecule is Cc1ccc(NC(=O)[C@H](C)N2CCN(CC(=O)NC3CC3)CC2)cc1. The van der Waals surface area contributed by atoms with Crippen LogP contribution in [-0.4, -0.2) is 66.4 Å². The van der Waals surface area contributed by atoms with Crippen molar-refractivity contribution >= 4 is 17.5 Å². The van der Waals surface area contributed by atoms with Gasteiger partial charge in [-0.2, -0.15) is 0 Å². The average molecular weight is 344 g/mol. The van der Waals surface area contributed by atoms with Crippen LogP contribution in [-0.2, 0) is 9.59 Å². The molecular weight excluding hydrogens is 316 g/mol. The maximum Gasteiger partial charge on any atom is 0.241 e. The Hall–Kier alpha value is -1.92. The molecule has 0 radical (unpaired) electrons. The molecule has 25 heavy (non-hydrogen) atoms. The molecular formula is C19H28N4O2. The molecule has 1 aromatic carbocycles. The van der Waals surface area contributed by atoms with Gasteiger partial charge >= 0.3 is 0 Å². The molecule has 2 N–H and O–H groups in total. The van der Waals surface area contributed by atoms with Gasteiger partial charge in [-0.1, -0.05) is 17.7 Å². The molecule has 6 heteroatoms. The van der Waals surface area contributed by atoms with Crippen molar-refractivity contribution < 1.29 is 9.59 Å². The Morgan fingerprint density at radius 2 is 1.76 bits per heavy atom. The van der Waals surface area contributed by atoms with Gasteiger partial charge in [0.05, 0.1) is 12.6 Å². The van der Waals surface area contributed by atoms with E-state index in [1.807, 2.05) is 38.1 Å². The zero-order valence-electron chi connectivity index (χ0n) is 15.1. The number of benzene rings is 1. The topological polar surface area (TPSA) is 64.7 Å². The van der Waals surface area contributed by atoms with E-state index in [0.717, 1.165) is 44.7 Å². The Bertz CT molecular complexity index is 604. The molecule has 3 rings (SSSR count). The normalized spacial score (nSPS) is 20.1. The minimum atomic E-state index is -0.177. The van der Waals surface area contributed by atoms with Crippen LogP contribution in [0, 0.1) is 6.92 Å². The van der Waals surface area contributed by atoms with Gasteiger partial charge in [0.25, 0.3) is 0 Å². The summed E-state index contributed by atoms with van der Waals surface area (Å²) in [5, 5.41) is 6.01. The van der Waals surface area contributed by atoms with Crippen LogP contribution in [0.25, 0.3) is 0 Å². The van der Waals surface area contributed by atoms with E-state index in [-0.39, 0.29) is 17.9 Å². The van der Waals surface area contributed by atoms with E-state index in [0.29, 0.717) is 12.6 Å². The Balaban J connectivity index is 1.42. The Kier molecular flexibility index (Phi) is 5.71. The quantitative estimate of drug-likeness (QED) is 0.814. The molecule has 136 valence electrons. The number of nitrogens with one attached hydrogen (secondary N) is 2. The van der Waals surface area contributed by atoms with E-state index in [1.54, 1.807) is 0 Å². The fraction of sp³-hybridized carbons (Fsp3) is 0.579. The minimum Gasteiger partial charge on any atom is -0.352 e. The van der Waals surface area contributed by atoms with Crippen LogP contribution in [0.4, 0.5) is 5.69 Å². The van der Waals surface area contributed by atoms with Crippen molar-refractivity contribution in [2.75, 3.05) is 38.0 Å². The minimum absolute atomic E-state index is 0.0174. The molecule has 0 spiro atoms. The highest BCUT2D eigenvalue weighted by atomic mass is 16.2. The second kappa shape index (κ2) is 7.97. The van der Waals surface area contributed by atoms with Gasteiger partial charge in [0.2, 0.25) is 11.8 Å². The van der Waals surface area contributed by atoms with E-state index in [1.165, 1.54) is 5.56 Å². The van der Waals surface area contributed by atoms with Crippen molar-refractivity contribution in [2.45, 2.75) is 38.8 Å². The molecule has 1 aromatic rings. The van der Waals surface area contributed by atoms with Crippen LogP contribution in [0.5, 0.6) is 0 Å². The number of aryl methyl sites for hydroxylation is 1. The van der Waals surface area contributed by atoms with Gasteiger partial charge in [-0.05, 0) is 38.8 Å². The molecule has 1 atom stereocenters. The number of hydrogen-bond donors (Lipinski definition) is 2. The second-order valence-electron chi connectivity index (χ2n) is 7.19. The molecule has 6 nitrogen and oxygen atoms in total. The molecule has 1 aliphatic heterocycles. The number of anilines is 1. The lowest BCUT2D eigenvalue weighted by molar-refractivity contribution is -0.124. The molecule has 0 unspecified atom stereocenters. The van der Waals surface area contributed by atoms with E-state index in [4.69, 9.17) is 0 Å². The second-order valence-corrected chi connectivity index (χ2v) is 7.19. The summed E-state index contributed by atoms with van der Waals surface area (Å²) < 4.78 is 0. The first-order chi connectivity index (χ1) is 12.0. The standard InChI is InChI=1S/C19H28N4O2/c1-14-3-5-17(6-4-14)21-19(25)15(2)23-11-9-22(10-12-23)13-18(24)20-16-7-8-16/h3-6,15-16H,7-13H2,1-2H3,(H,20,24)(H,21,25)/t15-/m0/s1. The Morgan fingerprint density at radius 3 is 2.36 bits per heavy atom. The number of rotatable bonds is 6. The largest absolute Gasteiger partial charge is 0.352 e. The molecule has 1 heterocycles. The molecule has 1 saturated carbocycles. The third-order valence-corrected chi connectivity index (χ3v) is 4.96. The summed E-state index contributed by atoms with van der Waals surface area (Å²) in [6.07, 6.45) is 2.24. The van der Waals surface area contributed by atoms with Gasteiger partial charge in [0.1, 0.15) is 0 Å². The highest BCUT2D eigenvalue weighted by Crippen LogP contribution is 2.18. The zero-order chi connectivity index (χ0) is 17.8. The molecule has 2 fully saturated rings. The van der Waals surface area contributed by atoms with Gasteiger partial charge in [0, 0.05) is 37.9 Å². The van der Waals surface area contributed by atoms with Crippen molar-refractivity contribution in [2.24, 2.45) is 0 Å². The van der Waals surface area contributed by atoms with Crippen molar-refractivity contribution in [1.82, 2.24) is 15.1 Å². The first-order valence-electron chi connectivity index (χ1n) is 9.14. The maximum absolute atomic E-state index is 12.5. The number of amides is 2. The summed E-state index contributed by atoms with van der Waals surface area (Å²) in [5.74, 6) is 0.143. The average Bonchev–Trinajstić information content (AvgIpc) is 3.40. The molecule has 0 aromatic heterocycles.